The summed E-state index contributed by atoms with van der Waals surface area (Å²) in [5, 5.41) is 8.90. The molecule has 3 nitrogen and oxygen atoms in total. The van der Waals surface area contributed by atoms with Crippen molar-refractivity contribution in [2.24, 2.45) is 5.92 Å². The zero-order valence-corrected chi connectivity index (χ0v) is 11.2. The number of para-hydroxylation sites is 1. The minimum Gasteiger partial charge on any atom is -0.496 e. The van der Waals surface area contributed by atoms with E-state index in [-0.39, 0.29) is 11.7 Å². The second kappa shape index (κ2) is 6.53. The number of benzene rings is 1. The van der Waals surface area contributed by atoms with E-state index in [9.17, 15) is 4.79 Å². The number of allylic oxidation sites excluding steroid dienone is 6. The molecule has 0 amide bonds. The Bertz CT molecular complexity index is 633. The van der Waals surface area contributed by atoms with Crippen LogP contribution in [0.3, 0.4) is 0 Å². The fourth-order valence-electron chi connectivity index (χ4n) is 2.04. The molecule has 20 heavy (non-hydrogen) atoms. The molecule has 0 aromatic heterocycles. The fourth-order valence-corrected chi connectivity index (χ4v) is 2.04. The maximum Gasteiger partial charge on any atom is 0.189 e. The molecular formula is C17H15NO2. The molecule has 3 heteroatoms. The van der Waals surface area contributed by atoms with E-state index >= 15 is 0 Å². The highest BCUT2D eigenvalue weighted by Gasteiger charge is 2.10. The van der Waals surface area contributed by atoms with Gasteiger partial charge in [0.05, 0.1) is 24.7 Å². The Hall–Kier alpha value is -2.60. The van der Waals surface area contributed by atoms with Gasteiger partial charge in [0.2, 0.25) is 0 Å². The number of hydrogen-bond acceptors (Lipinski definition) is 3. The van der Waals surface area contributed by atoms with Gasteiger partial charge in [0.25, 0.3) is 0 Å². The van der Waals surface area contributed by atoms with E-state index < -0.39 is 0 Å². The van der Waals surface area contributed by atoms with Gasteiger partial charge in [0.15, 0.2) is 5.78 Å². The molecule has 1 atom stereocenters. The van der Waals surface area contributed by atoms with Crippen molar-refractivity contribution in [3.63, 3.8) is 0 Å². The molecule has 0 bridgehead atoms. The van der Waals surface area contributed by atoms with Gasteiger partial charge in [-0.15, -0.1) is 0 Å². The van der Waals surface area contributed by atoms with Crippen LogP contribution in [0.1, 0.15) is 16.8 Å². The van der Waals surface area contributed by atoms with Crippen LogP contribution in [0.2, 0.25) is 0 Å². The number of nitriles is 1. The van der Waals surface area contributed by atoms with E-state index in [1.807, 2.05) is 24.3 Å². The van der Waals surface area contributed by atoms with Crippen molar-refractivity contribution in [3.8, 4) is 11.8 Å². The predicted molar refractivity (Wildman–Crippen MR) is 77.4 cm³/mol. The van der Waals surface area contributed by atoms with Crippen LogP contribution in [-0.2, 0) is 0 Å². The van der Waals surface area contributed by atoms with E-state index in [1.165, 1.54) is 6.08 Å². The van der Waals surface area contributed by atoms with Crippen LogP contribution in [0.25, 0.3) is 0 Å². The van der Waals surface area contributed by atoms with Crippen molar-refractivity contribution < 1.29 is 9.53 Å². The predicted octanol–water partition coefficient (Wildman–Crippen LogP) is 3.46. The molecule has 0 saturated heterocycles. The zero-order chi connectivity index (χ0) is 14.4. The first-order valence-corrected chi connectivity index (χ1v) is 6.37. The van der Waals surface area contributed by atoms with Gasteiger partial charge in [-0.1, -0.05) is 36.4 Å². The van der Waals surface area contributed by atoms with Crippen molar-refractivity contribution >= 4 is 5.78 Å². The minimum absolute atomic E-state index is 0.105. The number of nitrogens with zero attached hydrogens (tertiary/aromatic N) is 1. The van der Waals surface area contributed by atoms with Crippen molar-refractivity contribution in [3.05, 3.63) is 65.8 Å². The van der Waals surface area contributed by atoms with Crippen LogP contribution in [0.5, 0.6) is 5.75 Å². The quantitative estimate of drug-likeness (QED) is 0.618. The Morgan fingerprint density at radius 1 is 1.45 bits per heavy atom. The second-order valence-corrected chi connectivity index (χ2v) is 4.46. The first kappa shape index (κ1) is 13.8. The molecule has 1 aromatic rings. The Balaban J connectivity index is 2.12. The van der Waals surface area contributed by atoms with Gasteiger partial charge >= 0.3 is 0 Å². The van der Waals surface area contributed by atoms with E-state index in [0.717, 1.165) is 5.57 Å². The number of hydrogen-bond donors (Lipinski definition) is 0. The first-order chi connectivity index (χ1) is 9.74. The lowest BCUT2D eigenvalue weighted by Crippen LogP contribution is -2.00. The van der Waals surface area contributed by atoms with Gasteiger partial charge in [0, 0.05) is 0 Å². The van der Waals surface area contributed by atoms with Crippen LogP contribution in [0.15, 0.2) is 60.2 Å². The molecule has 1 aromatic carbocycles. The summed E-state index contributed by atoms with van der Waals surface area (Å²) in [6.45, 7) is 0. The summed E-state index contributed by atoms with van der Waals surface area (Å²) in [5.41, 5.74) is 1.51. The molecule has 0 saturated carbocycles. The molecule has 2 rings (SSSR count). The van der Waals surface area contributed by atoms with Crippen LogP contribution >= 0.6 is 0 Å². The Morgan fingerprint density at radius 3 is 3.00 bits per heavy atom. The van der Waals surface area contributed by atoms with Crippen molar-refractivity contribution in [1.29, 1.82) is 5.26 Å². The largest absolute Gasteiger partial charge is 0.496 e. The number of ether oxygens (including phenoxy) is 1. The van der Waals surface area contributed by atoms with Crippen molar-refractivity contribution in [1.82, 2.24) is 0 Å². The van der Waals surface area contributed by atoms with Gasteiger partial charge in [-0.2, -0.15) is 5.26 Å². The topological polar surface area (TPSA) is 50.1 Å². The molecular weight excluding hydrogens is 250 g/mol. The van der Waals surface area contributed by atoms with Gasteiger partial charge in [-0.05, 0) is 30.2 Å². The molecule has 1 aliphatic carbocycles. The van der Waals surface area contributed by atoms with Crippen LogP contribution in [0.4, 0.5) is 0 Å². The number of carbonyl (C=O) groups excluding carboxylic acids is 1. The summed E-state index contributed by atoms with van der Waals surface area (Å²) in [7, 11) is 1.54. The summed E-state index contributed by atoms with van der Waals surface area (Å²) >= 11 is 0. The average Bonchev–Trinajstić information content (AvgIpc) is 2.52. The summed E-state index contributed by atoms with van der Waals surface area (Å²) in [4.78, 5) is 12.1. The van der Waals surface area contributed by atoms with Gasteiger partial charge in [-0.3, -0.25) is 4.79 Å². The van der Waals surface area contributed by atoms with E-state index in [4.69, 9.17) is 10.00 Å². The minimum atomic E-state index is -0.110. The lowest BCUT2D eigenvalue weighted by atomic mass is 9.95. The molecule has 0 spiro atoms. The zero-order valence-electron chi connectivity index (χ0n) is 11.2. The third kappa shape index (κ3) is 3.24. The standard InChI is InChI=1S/C17H15NO2/c1-20-17-8-3-2-7-15(17)16(19)10-9-13-5-4-6-14(11-13)12-18/h2-10,14H,11H2,1H3/b10-9+. The van der Waals surface area contributed by atoms with Crippen LogP contribution < -0.4 is 4.74 Å². The van der Waals surface area contributed by atoms with E-state index in [0.29, 0.717) is 17.7 Å². The van der Waals surface area contributed by atoms with Crippen LogP contribution in [0, 0.1) is 17.2 Å². The van der Waals surface area contributed by atoms with Crippen molar-refractivity contribution in [2.75, 3.05) is 7.11 Å². The fraction of sp³-hybridized carbons (Fsp3) is 0.176. The van der Waals surface area contributed by atoms with Crippen LogP contribution in [-0.4, -0.2) is 12.9 Å². The normalized spacial score (nSPS) is 17.6. The Morgan fingerprint density at radius 2 is 2.25 bits per heavy atom. The van der Waals surface area contributed by atoms with Gasteiger partial charge in [0.1, 0.15) is 5.75 Å². The smallest absolute Gasteiger partial charge is 0.189 e. The summed E-state index contributed by atoms with van der Waals surface area (Å²) in [6, 6.07) is 9.33. The highest BCUT2D eigenvalue weighted by molar-refractivity contribution is 6.06. The van der Waals surface area contributed by atoms with Crippen molar-refractivity contribution in [2.45, 2.75) is 6.42 Å². The lowest BCUT2D eigenvalue weighted by Gasteiger charge is -2.09. The summed E-state index contributed by atoms with van der Waals surface area (Å²) in [5.74, 6) is 0.349. The SMILES string of the molecule is COc1ccccc1C(=O)/C=C/C1=CC=CC(C#N)C1. The number of methoxy groups -OCH3 is 1. The lowest BCUT2D eigenvalue weighted by molar-refractivity contribution is 0.104. The molecule has 1 aliphatic rings. The molecule has 0 fully saturated rings. The maximum absolute atomic E-state index is 12.1. The van der Waals surface area contributed by atoms with Gasteiger partial charge in [-0.25, -0.2) is 0 Å². The Labute approximate surface area is 118 Å². The highest BCUT2D eigenvalue weighted by Crippen LogP contribution is 2.21. The molecule has 0 radical (unpaired) electrons. The summed E-state index contributed by atoms with van der Waals surface area (Å²) in [6.07, 6.45) is 9.56. The second-order valence-electron chi connectivity index (χ2n) is 4.46. The molecule has 100 valence electrons. The highest BCUT2D eigenvalue weighted by atomic mass is 16.5. The molecule has 1 unspecified atom stereocenters. The molecule has 0 N–H and O–H groups in total. The summed E-state index contributed by atoms with van der Waals surface area (Å²) < 4.78 is 5.17. The Kier molecular flexibility index (Phi) is 4.52. The number of carbonyl (C=O) groups is 1. The average molecular weight is 265 g/mol. The number of ketones is 1. The first-order valence-electron chi connectivity index (χ1n) is 6.37. The third-order valence-electron chi connectivity index (χ3n) is 3.10. The monoisotopic (exact) mass is 265 g/mol. The third-order valence-corrected chi connectivity index (χ3v) is 3.10. The van der Waals surface area contributed by atoms with E-state index in [1.54, 1.807) is 31.4 Å². The van der Waals surface area contributed by atoms with E-state index in [2.05, 4.69) is 6.07 Å². The maximum atomic E-state index is 12.1. The molecule has 0 heterocycles. The number of rotatable bonds is 4. The van der Waals surface area contributed by atoms with Gasteiger partial charge < -0.3 is 4.74 Å². The molecule has 0 aliphatic heterocycles.